The van der Waals surface area contributed by atoms with Crippen molar-refractivity contribution in [3.8, 4) is 0 Å². The number of aliphatic carboxylic acids is 1. The summed E-state index contributed by atoms with van der Waals surface area (Å²) in [6, 6.07) is 6.87. The lowest BCUT2D eigenvalue weighted by Gasteiger charge is -2.33. The first-order chi connectivity index (χ1) is 10.1. The number of rotatable bonds is 2. The van der Waals surface area contributed by atoms with Gasteiger partial charge in [-0.25, -0.2) is 4.79 Å². The van der Waals surface area contributed by atoms with E-state index in [-0.39, 0.29) is 11.9 Å². The number of hydrogen-bond acceptors (Lipinski definition) is 2. The average molecular weight is 287 g/mol. The SMILES string of the molecule is Cc1cccc(C(=O)N2[C@@H](C(=O)O)C[C@H]3CCCC[C@H]32)c1. The fraction of sp³-hybridized carbons (Fsp3) is 0.529. The van der Waals surface area contributed by atoms with E-state index in [0.29, 0.717) is 17.9 Å². The van der Waals surface area contributed by atoms with Crippen molar-refractivity contribution in [2.24, 2.45) is 5.92 Å². The largest absolute Gasteiger partial charge is 0.480 e. The van der Waals surface area contributed by atoms with Crippen LogP contribution in [0.25, 0.3) is 0 Å². The number of nitrogens with zero attached hydrogens (tertiary/aromatic N) is 1. The summed E-state index contributed by atoms with van der Waals surface area (Å²) < 4.78 is 0. The zero-order chi connectivity index (χ0) is 15.0. The van der Waals surface area contributed by atoms with Gasteiger partial charge in [-0.1, -0.05) is 30.5 Å². The van der Waals surface area contributed by atoms with Crippen LogP contribution in [0.5, 0.6) is 0 Å². The molecule has 1 aliphatic heterocycles. The maximum Gasteiger partial charge on any atom is 0.326 e. The zero-order valence-corrected chi connectivity index (χ0v) is 12.3. The molecule has 1 aliphatic carbocycles. The predicted octanol–water partition coefficient (Wildman–Crippen LogP) is 2.85. The predicted molar refractivity (Wildman–Crippen MR) is 79.1 cm³/mol. The summed E-state index contributed by atoms with van der Waals surface area (Å²) in [5.41, 5.74) is 1.62. The molecule has 1 saturated heterocycles. The quantitative estimate of drug-likeness (QED) is 0.910. The van der Waals surface area contributed by atoms with Crippen molar-refractivity contribution in [1.29, 1.82) is 0 Å². The van der Waals surface area contributed by atoms with Crippen LogP contribution in [0.3, 0.4) is 0 Å². The second-order valence-corrected chi connectivity index (χ2v) is 6.28. The third-order valence-electron chi connectivity index (χ3n) is 4.87. The number of carbonyl (C=O) groups excluding carboxylic acids is 1. The molecule has 4 nitrogen and oxygen atoms in total. The first-order valence-electron chi connectivity index (χ1n) is 7.70. The number of carboxylic acids is 1. The summed E-state index contributed by atoms with van der Waals surface area (Å²) in [4.78, 5) is 26.0. The van der Waals surface area contributed by atoms with E-state index in [9.17, 15) is 14.7 Å². The molecule has 2 fully saturated rings. The highest BCUT2D eigenvalue weighted by atomic mass is 16.4. The van der Waals surface area contributed by atoms with Gasteiger partial charge in [0.25, 0.3) is 5.91 Å². The van der Waals surface area contributed by atoms with E-state index in [0.717, 1.165) is 31.2 Å². The van der Waals surface area contributed by atoms with Crippen molar-refractivity contribution in [1.82, 2.24) is 4.90 Å². The Kier molecular flexibility index (Phi) is 3.70. The summed E-state index contributed by atoms with van der Waals surface area (Å²) in [6.07, 6.45) is 4.83. The molecule has 3 rings (SSSR count). The highest BCUT2D eigenvalue weighted by molar-refractivity contribution is 5.97. The standard InChI is InChI=1S/C17H21NO3/c1-11-5-4-7-13(9-11)16(19)18-14-8-3-2-6-12(14)10-15(18)17(20)21/h4-5,7,9,12,14-15H,2-3,6,8,10H2,1H3,(H,20,21)/t12-,14-,15-/m1/s1. The fourth-order valence-corrected chi connectivity index (χ4v) is 3.90. The lowest BCUT2D eigenvalue weighted by atomic mass is 9.84. The second kappa shape index (κ2) is 5.51. The first kappa shape index (κ1) is 14.1. The molecule has 1 saturated carbocycles. The molecule has 0 aromatic heterocycles. The molecule has 0 bridgehead atoms. The van der Waals surface area contributed by atoms with Crippen LogP contribution in [0.4, 0.5) is 0 Å². The summed E-state index contributed by atoms with van der Waals surface area (Å²) in [5.74, 6) is -0.639. The Morgan fingerprint density at radius 1 is 1.24 bits per heavy atom. The van der Waals surface area contributed by atoms with Crippen molar-refractivity contribution in [2.45, 2.75) is 51.1 Å². The van der Waals surface area contributed by atoms with Gasteiger partial charge in [0.2, 0.25) is 0 Å². The Labute approximate surface area is 124 Å². The van der Waals surface area contributed by atoms with Gasteiger partial charge in [0.15, 0.2) is 0 Å². The Balaban J connectivity index is 1.92. The number of fused-ring (bicyclic) bond motifs is 1. The lowest BCUT2D eigenvalue weighted by molar-refractivity contribution is -0.141. The van der Waals surface area contributed by atoms with Gasteiger partial charge in [0.05, 0.1) is 0 Å². The van der Waals surface area contributed by atoms with Crippen LogP contribution in [0.1, 0.15) is 48.0 Å². The maximum atomic E-state index is 12.8. The Bertz CT molecular complexity index is 569. The Morgan fingerprint density at radius 3 is 2.71 bits per heavy atom. The van der Waals surface area contributed by atoms with Crippen LogP contribution in [0.15, 0.2) is 24.3 Å². The average Bonchev–Trinajstić information content (AvgIpc) is 2.86. The van der Waals surface area contributed by atoms with E-state index >= 15 is 0 Å². The topological polar surface area (TPSA) is 57.6 Å². The summed E-state index contributed by atoms with van der Waals surface area (Å²) in [7, 11) is 0. The summed E-state index contributed by atoms with van der Waals surface area (Å²) in [6.45, 7) is 1.94. The molecular formula is C17H21NO3. The zero-order valence-electron chi connectivity index (χ0n) is 12.3. The van der Waals surface area contributed by atoms with Gasteiger partial charge in [-0.05, 0) is 44.2 Å². The van der Waals surface area contributed by atoms with Gasteiger partial charge in [-0.15, -0.1) is 0 Å². The van der Waals surface area contributed by atoms with Crippen LogP contribution in [-0.4, -0.2) is 34.0 Å². The van der Waals surface area contributed by atoms with E-state index in [2.05, 4.69) is 0 Å². The van der Waals surface area contributed by atoms with E-state index in [1.165, 1.54) is 0 Å². The minimum absolute atomic E-state index is 0.105. The lowest BCUT2D eigenvalue weighted by Crippen LogP contribution is -2.46. The van der Waals surface area contributed by atoms with Gasteiger partial charge in [-0.3, -0.25) is 4.79 Å². The van der Waals surface area contributed by atoms with E-state index in [1.807, 2.05) is 25.1 Å². The number of aryl methyl sites for hydroxylation is 1. The Hall–Kier alpha value is -1.84. The van der Waals surface area contributed by atoms with Crippen LogP contribution < -0.4 is 0 Å². The number of likely N-dealkylation sites (tertiary alicyclic amines) is 1. The minimum Gasteiger partial charge on any atom is -0.480 e. The van der Waals surface area contributed by atoms with Gasteiger partial charge in [0, 0.05) is 11.6 Å². The Morgan fingerprint density at radius 2 is 2.00 bits per heavy atom. The highest BCUT2D eigenvalue weighted by Gasteiger charge is 2.47. The third kappa shape index (κ3) is 2.55. The van der Waals surface area contributed by atoms with E-state index in [1.54, 1.807) is 11.0 Å². The number of amides is 1. The van der Waals surface area contributed by atoms with E-state index in [4.69, 9.17) is 0 Å². The second-order valence-electron chi connectivity index (χ2n) is 6.28. The molecule has 1 aromatic rings. The molecule has 4 heteroatoms. The molecule has 112 valence electrons. The number of hydrogen-bond donors (Lipinski definition) is 1. The van der Waals surface area contributed by atoms with Crippen LogP contribution in [0.2, 0.25) is 0 Å². The number of benzene rings is 1. The number of carbonyl (C=O) groups is 2. The third-order valence-corrected chi connectivity index (χ3v) is 4.87. The smallest absolute Gasteiger partial charge is 0.326 e. The van der Waals surface area contributed by atoms with Gasteiger partial charge < -0.3 is 10.0 Å². The molecule has 1 heterocycles. The van der Waals surface area contributed by atoms with Crippen molar-refractivity contribution in [2.75, 3.05) is 0 Å². The molecule has 2 aliphatic rings. The molecule has 0 spiro atoms. The van der Waals surface area contributed by atoms with Gasteiger partial charge in [0.1, 0.15) is 6.04 Å². The number of carboxylic acid groups (broad SMARTS) is 1. The molecule has 3 atom stereocenters. The van der Waals surface area contributed by atoms with Crippen molar-refractivity contribution in [3.63, 3.8) is 0 Å². The normalized spacial score (nSPS) is 28.2. The molecule has 21 heavy (non-hydrogen) atoms. The van der Waals surface area contributed by atoms with Crippen molar-refractivity contribution >= 4 is 11.9 Å². The van der Waals surface area contributed by atoms with Crippen molar-refractivity contribution < 1.29 is 14.7 Å². The van der Waals surface area contributed by atoms with Crippen LogP contribution in [-0.2, 0) is 4.79 Å². The molecule has 1 aromatic carbocycles. The minimum atomic E-state index is -0.870. The molecule has 0 unspecified atom stereocenters. The summed E-state index contributed by atoms with van der Waals surface area (Å²) >= 11 is 0. The monoisotopic (exact) mass is 287 g/mol. The first-order valence-corrected chi connectivity index (χ1v) is 7.70. The molecular weight excluding hydrogens is 266 g/mol. The van der Waals surface area contributed by atoms with Crippen LogP contribution in [0, 0.1) is 12.8 Å². The van der Waals surface area contributed by atoms with Crippen molar-refractivity contribution in [3.05, 3.63) is 35.4 Å². The van der Waals surface area contributed by atoms with Crippen LogP contribution >= 0.6 is 0 Å². The van der Waals surface area contributed by atoms with E-state index < -0.39 is 12.0 Å². The fourth-order valence-electron chi connectivity index (χ4n) is 3.90. The highest BCUT2D eigenvalue weighted by Crippen LogP contribution is 2.40. The van der Waals surface area contributed by atoms with Gasteiger partial charge in [-0.2, -0.15) is 0 Å². The van der Waals surface area contributed by atoms with Gasteiger partial charge >= 0.3 is 5.97 Å². The molecule has 1 N–H and O–H groups in total. The summed E-state index contributed by atoms with van der Waals surface area (Å²) in [5, 5.41) is 9.49. The molecule has 0 radical (unpaired) electrons. The maximum absolute atomic E-state index is 12.8. The molecule has 1 amide bonds.